The van der Waals surface area contributed by atoms with Crippen molar-refractivity contribution < 1.29 is 9.47 Å². The molecule has 178 valence electrons. The van der Waals surface area contributed by atoms with E-state index in [9.17, 15) is 0 Å². The summed E-state index contributed by atoms with van der Waals surface area (Å²) in [5.41, 5.74) is 5.05. The van der Waals surface area contributed by atoms with Crippen molar-refractivity contribution in [2.75, 3.05) is 13.2 Å². The number of rotatable bonds is 8. The van der Waals surface area contributed by atoms with E-state index in [0.29, 0.717) is 13.2 Å². The van der Waals surface area contributed by atoms with E-state index in [-0.39, 0.29) is 0 Å². The second-order valence-corrected chi connectivity index (χ2v) is 9.62. The number of ether oxygens (including phenoxy) is 2. The fourth-order valence-corrected chi connectivity index (χ4v) is 5.35. The molecule has 6 rings (SSSR count). The second kappa shape index (κ2) is 9.54. The predicted molar refractivity (Wildman–Crippen MR) is 151 cm³/mol. The van der Waals surface area contributed by atoms with Crippen LogP contribution in [0.25, 0.3) is 32.3 Å². The standard InChI is InChI=1S/C34H30O2/c1-23-21-31(35-19-17-25-9-5-3-6-10-25)29-16-14-28-24(2)22-32(30-15-13-27(23)33(29)34(28)30)36-20-18-26-11-7-4-8-12-26/h3-16,21-22H,17-20H2,1-2H3. The van der Waals surface area contributed by atoms with Crippen molar-refractivity contribution in [1.29, 1.82) is 0 Å². The summed E-state index contributed by atoms with van der Waals surface area (Å²) < 4.78 is 12.8. The molecule has 0 aliphatic heterocycles. The molecule has 0 aliphatic carbocycles. The molecule has 0 bridgehead atoms. The Kier molecular flexibility index (Phi) is 5.95. The van der Waals surface area contributed by atoms with Crippen LogP contribution in [0.5, 0.6) is 11.5 Å². The minimum Gasteiger partial charge on any atom is -0.493 e. The summed E-state index contributed by atoms with van der Waals surface area (Å²) in [6, 6.07) is 34.4. The third-order valence-corrected chi connectivity index (χ3v) is 7.22. The van der Waals surface area contributed by atoms with Crippen LogP contribution in [0.15, 0.2) is 97.1 Å². The van der Waals surface area contributed by atoms with E-state index in [0.717, 1.165) is 24.3 Å². The van der Waals surface area contributed by atoms with Gasteiger partial charge in [0.15, 0.2) is 0 Å². The van der Waals surface area contributed by atoms with Gasteiger partial charge in [0.05, 0.1) is 13.2 Å². The maximum atomic E-state index is 6.39. The van der Waals surface area contributed by atoms with Gasteiger partial charge in [-0.15, -0.1) is 0 Å². The lowest BCUT2D eigenvalue weighted by molar-refractivity contribution is 0.325. The Morgan fingerprint density at radius 3 is 1.28 bits per heavy atom. The van der Waals surface area contributed by atoms with Crippen LogP contribution in [-0.2, 0) is 12.8 Å². The molecule has 0 fully saturated rings. The van der Waals surface area contributed by atoms with Gasteiger partial charge >= 0.3 is 0 Å². The molecule has 0 saturated heterocycles. The zero-order valence-corrected chi connectivity index (χ0v) is 20.9. The van der Waals surface area contributed by atoms with E-state index in [2.05, 4.69) is 111 Å². The smallest absolute Gasteiger partial charge is 0.127 e. The zero-order chi connectivity index (χ0) is 24.5. The molecule has 0 saturated carbocycles. The van der Waals surface area contributed by atoms with Gasteiger partial charge in [0, 0.05) is 34.4 Å². The van der Waals surface area contributed by atoms with Gasteiger partial charge in [-0.25, -0.2) is 0 Å². The van der Waals surface area contributed by atoms with Crippen molar-refractivity contribution in [2.45, 2.75) is 26.7 Å². The fraction of sp³-hybridized carbons (Fsp3) is 0.176. The molecule has 0 aromatic heterocycles. The van der Waals surface area contributed by atoms with Crippen molar-refractivity contribution in [2.24, 2.45) is 0 Å². The van der Waals surface area contributed by atoms with Gasteiger partial charge < -0.3 is 9.47 Å². The largest absolute Gasteiger partial charge is 0.493 e. The molecular formula is C34H30O2. The highest BCUT2D eigenvalue weighted by Gasteiger charge is 2.17. The lowest BCUT2D eigenvalue weighted by Crippen LogP contribution is -2.03. The van der Waals surface area contributed by atoms with Gasteiger partial charge in [0.1, 0.15) is 11.5 Å². The highest BCUT2D eigenvalue weighted by Crippen LogP contribution is 2.44. The molecule has 0 radical (unpaired) electrons. The van der Waals surface area contributed by atoms with Crippen LogP contribution >= 0.6 is 0 Å². The maximum absolute atomic E-state index is 6.39. The van der Waals surface area contributed by atoms with Crippen molar-refractivity contribution >= 4 is 32.3 Å². The molecule has 0 spiro atoms. The molecule has 6 aromatic rings. The summed E-state index contributed by atoms with van der Waals surface area (Å²) in [7, 11) is 0. The van der Waals surface area contributed by atoms with E-state index in [1.165, 1.54) is 54.6 Å². The number of hydrogen-bond acceptors (Lipinski definition) is 2. The Balaban J connectivity index is 1.38. The molecule has 0 unspecified atom stereocenters. The zero-order valence-electron chi connectivity index (χ0n) is 20.9. The number of benzene rings is 6. The first-order chi connectivity index (χ1) is 17.7. The van der Waals surface area contributed by atoms with Crippen LogP contribution in [0.4, 0.5) is 0 Å². The van der Waals surface area contributed by atoms with E-state index >= 15 is 0 Å². The minimum atomic E-state index is 0.653. The van der Waals surface area contributed by atoms with E-state index in [1.807, 2.05) is 0 Å². The van der Waals surface area contributed by atoms with Gasteiger partial charge in [-0.1, -0.05) is 72.8 Å². The Hall–Kier alpha value is -4.04. The molecule has 6 aromatic carbocycles. The third-order valence-electron chi connectivity index (χ3n) is 7.22. The van der Waals surface area contributed by atoms with Gasteiger partial charge in [-0.2, -0.15) is 0 Å². The molecule has 36 heavy (non-hydrogen) atoms. The van der Waals surface area contributed by atoms with Gasteiger partial charge in [-0.3, -0.25) is 0 Å². The second-order valence-electron chi connectivity index (χ2n) is 9.62. The fourth-order valence-electron chi connectivity index (χ4n) is 5.35. The van der Waals surface area contributed by atoms with E-state index < -0.39 is 0 Å². The summed E-state index contributed by atoms with van der Waals surface area (Å²) in [5, 5.41) is 7.44. The van der Waals surface area contributed by atoms with Gasteiger partial charge in [-0.05, 0) is 71.1 Å². The maximum Gasteiger partial charge on any atom is 0.127 e. The quantitative estimate of drug-likeness (QED) is 0.208. The average Bonchev–Trinajstić information content (AvgIpc) is 2.91. The van der Waals surface area contributed by atoms with Crippen LogP contribution in [0.1, 0.15) is 22.3 Å². The monoisotopic (exact) mass is 470 g/mol. The van der Waals surface area contributed by atoms with Crippen LogP contribution in [-0.4, -0.2) is 13.2 Å². The van der Waals surface area contributed by atoms with E-state index in [1.54, 1.807) is 0 Å². The number of aryl methyl sites for hydroxylation is 2. The number of hydrogen-bond donors (Lipinski definition) is 0. The van der Waals surface area contributed by atoms with E-state index in [4.69, 9.17) is 9.47 Å². The highest BCUT2D eigenvalue weighted by atomic mass is 16.5. The SMILES string of the molecule is Cc1cc(OCCc2ccccc2)c2ccc3c(C)cc(OCCc4ccccc4)c4ccc1c2c34. The summed E-state index contributed by atoms with van der Waals surface area (Å²) in [6.07, 6.45) is 1.78. The molecule has 0 N–H and O–H groups in total. The summed E-state index contributed by atoms with van der Waals surface area (Å²) in [5.74, 6) is 1.91. The first-order valence-corrected chi connectivity index (χ1v) is 12.7. The average molecular weight is 471 g/mol. The van der Waals surface area contributed by atoms with Gasteiger partial charge in [0.25, 0.3) is 0 Å². The molecule has 0 atom stereocenters. The predicted octanol–water partition coefficient (Wildman–Crippen LogP) is 8.44. The van der Waals surface area contributed by atoms with Crippen LogP contribution in [0.2, 0.25) is 0 Å². The lowest BCUT2D eigenvalue weighted by Gasteiger charge is -2.19. The molecule has 0 aliphatic rings. The Bertz CT molecular complexity index is 1510. The third kappa shape index (κ3) is 4.13. The van der Waals surface area contributed by atoms with Crippen LogP contribution in [0.3, 0.4) is 0 Å². The van der Waals surface area contributed by atoms with Gasteiger partial charge in [0.2, 0.25) is 0 Å². The molecule has 0 heterocycles. The minimum absolute atomic E-state index is 0.653. The molecule has 2 nitrogen and oxygen atoms in total. The summed E-state index contributed by atoms with van der Waals surface area (Å²) in [4.78, 5) is 0. The molecular weight excluding hydrogens is 440 g/mol. The first kappa shape index (κ1) is 22.4. The van der Waals surface area contributed by atoms with Crippen molar-refractivity contribution in [3.63, 3.8) is 0 Å². The Morgan fingerprint density at radius 2 is 0.861 bits per heavy atom. The Labute approximate surface area is 212 Å². The van der Waals surface area contributed by atoms with Crippen molar-refractivity contribution in [3.05, 3.63) is 119 Å². The van der Waals surface area contributed by atoms with Crippen LogP contribution in [0, 0.1) is 13.8 Å². The van der Waals surface area contributed by atoms with Crippen LogP contribution < -0.4 is 9.47 Å². The molecule has 2 heteroatoms. The summed E-state index contributed by atoms with van der Waals surface area (Å²) in [6.45, 7) is 5.67. The van der Waals surface area contributed by atoms with Crippen molar-refractivity contribution in [3.8, 4) is 11.5 Å². The topological polar surface area (TPSA) is 18.5 Å². The first-order valence-electron chi connectivity index (χ1n) is 12.7. The Morgan fingerprint density at radius 1 is 0.472 bits per heavy atom. The lowest BCUT2D eigenvalue weighted by atomic mass is 9.89. The normalized spacial score (nSPS) is 11.5. The van der Waals surface area contributed by atoms with Crippen molar-refractivity contribution in [1.82, 2.24) is 0 Å². The molecule has 0 amide bonds. The summed E-state index contributed by atoms with van der Waals surface area (Å²) >= 11 is 0. The highest BCUT2D eigenvalue weighted by molar-refractivity contribution is 6.26.